The Morgan fingerprint density at radius 3 is 2.50 bits per heavy atom. The molecule has 0 saturated heterocycles. The monoisotopic (exact) mass is 143 g/mol. The van der Waals surface area contributed by atoms with Crippen molar-refractivity contribution in [2.24, 2.45) is 5.73 Å². The minimum atomic E-state index is -0.574. The van der Waals surface area contributed by atoms with Crippen molar-refractivity contribution >= 4 is 45.3 Å². The van der Waals surface area contributed by atoms with E-state index < -0.39 is 9.76 Å². The molecule has 3 nitrogen and oxygen atoms in total. The summed E-state index contributed by atoms with van der Waals surface area (Å²) in [7, 11) is -0.574. The van der Waals surface area contributed by atoms with Crippen molar-refractivity contribution in [2.75, 3.05) is 6.54 Å². The molecule has 0 spiro atoms. The molecule has 0 fully saturated rings. The normalized spacial score (nSPS) is 8.75. The van der Waals surface area contributed by atoms with E-state index in [4.69, 9.17) is 5.73 Å². The van der Waals surface area contributed by atoms with Crippen LogP contribution in [-0.4, -0.2) is 51.8 Å². The molecule has 0 heterocycles. The van der Waals surface area contributed by atoms with E-state index in [1.807, 2.05) is 6.55 Å². The van der Waals surface area contributed by atoms with Gasteiger partial charge in [-0.3, -0.25) is 4.79 Å². The number of carbonyl (C=O) groups is 1. The van der Waals surface area contributed by atoms with Crippen molar-refractivity contribution in [3.8, 4) is 0 Å². The summed E-state index contributed by atoms with van der Waals surface area (Å²) in [6.07, 6.45) is 0. The first kappa shape index (κ1) is 11.4. The number of hydrogen-bond acceptors (Lipinski definition) is 3. The van der Waals surface area contributed by atoms with Gasteiger partial charge in [-0.1, -0.05) is 0 Å². The van der Waals surface area contributed by atoms with Gasteiger partial charge in [-0.05, 0) is 6.55 Å². The van der Waals surface area contributed by atoms with Crippen molar-refractivity contribution in [1.82, 2.24) is 0 Å². The molecule has 8 heavy (non-hydrogen) atoms. The Balaban J connectivity index is 0. The molecule has 0 unspecified atom stereocenters. The van der Waals surface area contributed by atoms with Crippen molar-refractivity contribution < 1.29 is 9.22 Å². The summed E-state index contributed by atoms with van der Waals surface area (Å²) in [6, 6.07) is 0. The predicted molar refractivity (Wildman–Crippen MR) is 36.7 cm³/mol. The standard InChI is InChI=1S/C3H9NO2Si.Na.H/c1-7-6-3(5)2-4;;/h2,4,7H2,1H3;;. The molecule has 0 aromatic rings. The van der Waals surface area contributed by atoms with E-state index in [1.165, 1.54) is 0 Å². The average molecular weight is 143 g/mol. The van der Waals surface area contributed by atoms with E-state index in [0.29, 0.717) is 0 Å². The Labute approximate surface area is 73.2 Å². The molecule has 0 aliphatic heterocycles. The van der Waals surface area contributed by atoms with Crippen LogP contribution >= 0.6 is 0 Å². The summed E-state index contributed by atoms with van der Waals surface area (Å²) in [4.78, 5) is 10.1. The zero-order valence-electron chi connectivity index (χ0n) is 4.31. The molecule has 0 atom stereocenters. The van der Waals surface area contributed by atoms with Gasteiger partial charge in [0.25, 0.3) is 0 Å². The summed E-state index contributed by atoms with van der Waals surface area (Å²) in [5.74, 6) is -0.283. The van der Waals surface area contributed by atoms with Crippen molar-refractivity contribution in [2.45, 2.75) is 6.55 Å². The molecule has 0 rings (SSSR count). The SMILES string of the molecule is C[SiH2]OC(=O)CN.[NaH]. The molecule has 5 heteroatoms. The fourth-order valence-electron chi connectivity index (χ4n) is 0.220. The van der Waals surface area contributed by atoms with Crippen LogP contribution in [-0.2, 0) is 9.22 Å². The summed E-state index contributed by atoms with van der Waals surface area (Å²) < 4.78 is 4.57. The Bertz CT molecular complexity index is 70.3. The number of rotatable bonds is 2. The molecule has 0 aromatic heterocycles. The summed E-state index contributed by atoms with van der Waals surface area (Å²) in [5.41, 5.74) is 4.91. The van der Waals surface area contributed by atoms with Gasteiger partial charge in [0, 0.05) is 0 Å². The second-order valence-electron chi connectivity index (χ2n) is 1.01. The Morgan fingerprint density at radius 2 is 2.38 bits per heavy atom. The van der Waals surface area contributed by atoms with Crippen LogP contribution in [0.1, 0.15) is 0 Å². The third-order valence-corrected chi connectivity index (χ3v) is 1.08. The first-order valence-corrected chi connectivity index (χ1v) is 4.16. The van der Waals surface area contributed by atoms with E-state index in [1.54, 1.807) is 0 Å². The van der Waals surface area contributed by atoms with Crippen LogP contribution < -0.4 is 5.73 Å². The quantitative estimate of drug-likeness (QED) is 0.454. The van der Waals surface area contributed by atoms with Crippen molar-refractivity contribution in [3.63, 3.8) is 0 Å². The van der Waals surface area contributed by atoms with Crippen LogP contribution in [0.25, 0.3) is 0 Å². The average Bonchev–Trinajstić information content (AvgIpc) is 1.68. The van der Waals surface area contributed by atoms with E-state index in [9.17, 15) is 4.79 Å². The number of carbonyl (C=O) groups excluding carboxylic acids is 1. The molecule has 0 saturated carbocycles. The zero-order chi connectivity index (χ0) is 5.70. The van der Waals surface area contributed by atoms with Crippen LogP contribution in [0, 0.1) is 0 Å². The fraction of sp³-hybridized carbons (Fsp3) is 0.667. The zero-order valence-corrected chi connectivity index (χ0v) is 5.72. The second kappa shape index (κ2) is 7.65. The second-order valence-corrected chi connectivity index (χ2v) is 1.88. The van der Waals surface area contributed by atoms with Gasteiger partial charge < -0.3 is 10.2 Å². The van der Waals surface area contributed by atoms with Crippen LogP contribution in [0.5, 0.6) is 0 Å². The molecule has 44 valence electrons. The Kier molecular flexibility index (Phi) is 10.9. The van der Waals surface area contributed by atoms with E-state index >= 15 is 0 Å². The molecule has 0 aliphatic rings. The van der Waals surface area contributed by atoms with Crippen LogP contribution in [0.3, 0.4) is 0 Å². The maximum atomic E-state index is 10.1. The number of hydrogen-bond donors (Lipinski definition) is 1. The molecule has 0 amide bonds. The van der Waals surface area contributed by atoms with Crippen molar-refractivity contribution in [1.29, 1.82) is 0 Å². The van der Waals surface area contributed by atoms with E-state index in [0.717, 1.165) is 0 Å². The predicted octanol–water partition coefficient (Wildman–Crippen LogP) is -2.03. The van der Waals surface area contributed by atoms with Gasteiger partial charge in [-0.15, -0.1) is 0 Å². The van der Waals surface area contributed by atoms with Gasteiger partial charge in [0.15, 0.2) is 0 Å². The molecule has 0 bridgehead atoms. The molecule has 0 aliphatic carbocycles. The summed E-state index contributed by atoms with van der Waals surface area (Å²) >= 11 is 0. The maximum absolute atomic E-state index is 10.1. The Hall–Kier alpha value is 0.647. The fourth-order valence-corrected chi connectivity index (χ4v) is 0.660. The van der Waals surface area contributed by atoms with Gasteiger partial charge in [-0.25, -0.2) is 0 Å². The van der Waals surface area contributed by atoms with Gasteiger partial charge in [-0.2, -0.15) is 0 Å². The molecular formula is C3H10NNaO2Si. The Morgan fingerprint density at radius 1 is 1.88 bits per heavy atom. The third kappa shape index (κ3) is 6.65. The first-order chi connectivity index (χ1) is 3.31. The van der Waals surface area contributed by atoms with Crippen LogP contribution in [0.4, 0.5) is 0 Å². The third-order valence-electron chi connectivity index (χ3n) is 0.472. The molecular weight excluding hydrogens is 133 g/mol. The minimum absolute atomic E-state index is 0. The van der Waals surface area contributed by atoms with Gasteiger partial charge in [0.2, 0.25) is 9.76 Å². The van der Waals surface area contributed by atoms with Crippen LogP contribution in [0.2, 0.25) is 6.55 Å². The number of nitrogens with two attached hydrogens (primary N) is 1. The van der Waals surface area contributed by atoms with Crippen molar-refractivity contribution in [3.05, 3.63) is 0 Å². The van der Waals surface area contributed by atoms with Crippen LogP contribution in [0.15, 0.2) is 0 Å². The van der Waals surface area contributed by atoms with Gasteiger partial charge in [0.05, 0.1) is 6.54 Å². The van der Waals surface area contributed by atoms with Gasteiger partial charge >= 0.3 is 35.5 Å². The van der Waals surface area contributed by atoms with E-state index in [-0.39, 0.29) is 42.1 Å². The van der Waals surface area contributed by atoms with Gasteiger partial charge in [0.1, 0.15) is 0 Å². The van der Waals surface area contributed by atoms with E-state index in [2.05, 4.69) is 4.43 Å². The first-order valence-electron chi connectivity index (χ1n) is 2.17. The summed E-state index contributed by atoms with van der Waals surface area (Å²) in [6.45, 7) is 1.90. The molecule has 0 aromatic carbocycles. The topological polar surface area (TPSA) is 52.3 Å². The molecule has 2 N–H and O–H groups in total. The molecule has 0 radical (unpaired) electrons. The summed E-state index contributed by atoms with van der Waals surface area (Å²) in [5, 5.41) is 0.